The molecule has 1 aromatic heterocycles. The number of hydrogen-bond donors (Lipinski definition) is 3. The number of hydrogen-bond acceptors (Lipinski definition) is 6. The molecule has 3 N–H and O–H groups in total. The highest BCUT2D eigenvalue weighted by Crippen LogP contribution is 2.47. The van der Waals surface area contributed by atoms with Crippen molar-refractivity contribution in [2.45, 2.75) is 50.0 Å². The summed E-state index contributed by atoms with van der Waals surface area (Å²) >= 11 is 0. The SMILES string of the molecule is C[C@H](NC(=O)C[C@@H]1C[C@H]2c3cc(NC(=O)c4cccnc4)ccc3O[C@H]2[C@@H](CO)O1)c1ccccc1. The predicted molar refractivity (Wildman–Crippen MR) is 134 cm³/mol. The number of pyridine rings is 1. The van der Waals surface area contributed by atoms with Crippen molar-refractivity contribution in [2.24, 2.45) is 0 Å². The van der Waals surface area contributed by atoms with E-state index in [-0.39, 0.29) is 49.0 Å². The number of ether oxygens (including phenoxy) is 2. The number of rotatable bonds is 7. The van der Waals surface area contributed by atoms with Gasteiger partial charge in [0, 0.05) is 29.6 Å². The van der Waals surface area contributed by atoms with Gasteiger partial charge in [0.25, 0.3) is 5.91 Å². The zero-order valence-corrected chi connectivity index (χ0v) is 20.0. The highest BCUT2D eigenvalue weighted by molar-refractivity contribution is 6.04. The molecule has 0 aliphatic carbocycles. The number of benzene rings is 2. The van der Waals surface area contributed by atoms with E-state index in [4.69, 9.17) is 9.47 Å². The van der Waals surface area contributed by atoms with Crippen molar-refractivity contribution in [1.29, 1.82) is 0 Å². The van der Waals surface area contributed by atoms with E-state index >= 15 is 0 Å². The average Bonchev–Trinajstić information content (AvgIpc) is 3.27. The zero-order valence-electron chi connectivity index (χ0n) is 20.0. The number of nitrogens with zero attached hydrogens (tertiary/aromatic N) is 1. The fraction of sp³-hybridized carbons (Fsp3) is 0.321. The first-order chi connectivity index (χ1) is 17.5. The van der Waals surface area contributed by atoms with Crippen LogP contribution in [0.4, 0.5) is 5.69 Å². The molecule has 5 atom stereocenters. The minimum absolute atomic E-state index is 0.0644. The molecule has 2 aromatic carbocycles. The van der Waals surface area contributed by atoms with Gasteiger partial charge < -0.3 is 25.2 Å². The molecule has 1 fully saturated rings. The maximum absolute atomic E-state index is 12.8. The maximum Gasteiger partial charge on any atom is 0.257 e. The molecule has 0 spiro atoms. The fourth-order valence-electron chi connectivity index (χ4n) is 5.00. The molecule has 0 saturated carbocycles. The van der Waals surface area contributed by atoms with Crippen molar-refractivity contribution in [1.82, 2.24) is 10.3 Å². The molecular formula is C28H29N3O5. The summed E-state index contributed by atoms with van der Waals surface area (Å²) in [5.41, 5.74) is 3.08. The maximum atomic E-state index is 12.8. The van der Waals surface area contributed by atoms with Crippen LogP contribution in [-0.4, -0.2) is 46.8 Å². The second kappa shape index (κ2) is 10.5. The summed E-state index contributed by atoms with van der Waals surface area (Å²) < 4.78 is 12.2. The summed E-state index contributed by atoms with van der Waals surface area (Å²) in [7, 11) is 0. The smallest absolute Gasteiger partial charge is 0.257 e. The molecule has 2 aliphatic heterocycles. The number of carbonyl (C=O) groups is 2. The van der Waals surface area contributed by atoms with Gasteiger partial charge in [0.1, 0.15) is 18.0 Å². The Labute approximate surface area is 209 Å². The van der Waals surface area contributed by atoms with Gasteiger partial charge in [-0.3, -0.25) is 14.6 Å². The summed E-state index contributed by atoms with van der Waals surface area (Å²) in [6, 6.07) is 18.6. The van der Waals surface area contributed by atoms with E-state index in [1.54, 1.807) is 24.4 Å². The molecule has 8 nitrogen and oxygen atoms in total. The third kappa shape index (κ3) is 5.10. The summed E-state index contributed by atoms with van der Waals surface area (Å²) in [6.45, 7) is 1.74. The number of amides is 2. The summed E-state index contributed by atoms with van der Waals surface area (Å²) in [4.78, 5) is 29.4. The number of anilines is 1. The van der Waals surface area contributed by atoms with Crippen LogP contribution in [0.25, 0.3) is 0 Å². The quantitative estimate of drug-likeness (QED) is 0.470. The number of nitrogens with one attached hydrogen (secondary N) is 2. The lowest BCUT2D eigenvalue weighted by atomic mass is 9.84. The summed E-state index contributed by atoms with van der Waals surface area (Å²) in [5, 5.41) is 15.9. The summed E-state index contributed by atoms with van der Waals surface area (Å²) in [6.07, 6.45) is 2.62. The Kier molecular flexibility index (Phi) is 6.97. The average molecular weight is 488 g/mol. The van der Waals surface area contributed by atoms with Crippen LogP contribution in [-0.2, 0) is 9.53 Å². The molecule has 3 aromatic rings. The highest BCUT2D eigenvalue weighted by atomic mass is 16.6. The largest absolute Gasteiger partial charge is 0.487 e. The highest BCUT2D eigenvalue weighted by Gasteiger charge is 2.46. The zero-order chi connectivity index (χ0) is 25.1. The van der Waals surface area contributed by atoms with Crippen LogP contribution in [0.1, 0.15) is 53.2 Å². The van der Waals surface area contributed by atoms with Crippen LogP contribution in [0, 0.1) is 0 Å². The Balaban J connectivity index is 1.28. The third-order valence-electron chi connectivity index (χ3n) is 6.77. The second-order valence-electron chi connectivity index (χ2n) is 9.26. The number of aromatic nitrogens is 1. The van der Waals surface area contributed by atoms with E-state index in [1.165, 1.54) is 6.20 Å². The Morgan fingerprint density at radius 1 is 1.14 bits per heavy atom. The Bertz CT molecular complexity index is 1220. The lowest BCUT2D eigenvalue weighted by molar-refractivity contribution is -0.142. The minimum Gasteiger partial charge on any atom is -0.487 e. The van der Waals surface area contributed by atoms with Crippen LogP contribution < -0.4 is 15.4 Å². The van der Waals surface area contributed by atoms with E-state index in [9.17, 15) is 14.7 Å². The fourth-order valence-corrected chi connectivity index (χ4v) is 5.00. The molecule has 36 heavy (non-hydrogen) atoms. The number of fused-ring (bicyclic) bond motifs is 3. The van der Waals surface area contributed by atoms with Gasteiger partial charge in [0.05, 0.1) is 30.7 Å². The van der Waals surface area contributed by atoms with E-state index in [1.807, 2.05) is 49.4 Å². The first-order valence-corrected chi connectivity index (χ1v) is 12.1. The van der Waals surface area contributed by atoms with Crippen LogP contribution >= 0.6 is 0 Å². The van der Waals surface area contributed by atoms with Gasteiger partial charge >= 0.3 is 0 Å². The van der Waals surface area contributed by atoms with Gasteiger partial charge in [0.15, 0.2) is 0 Å². The van der Waals surface area contributed by atoms with Gasteiger partial charge in [0.2, 0.25) is 5.91 Å². The van der Waals surface area contributed by atoms with E-state index in [0.717, 1.165) is 11.1 Å². The third-order valence-corrected chi connectivity index (χ3v) is 6.77. The number of aliphatic hydroxyl groups is 1. The van der Waals surface area contributed by atoms with Gasteiger partial charge in [-0.15, -0.1) is 0 Å². The van der Waals surface area contributed by atoms with E-state index < -0.39 is 6.10 Å². The molecule has 1 saturated heterocycles. The van der Waals surface area contributed by atoms with Crippen molar-refractivity contribution in [3.63, 3.8) is 0 Å². The molecular weight excluding hydrogens is 458 g/mol. The Hall–Kier alpha value is -3.75. The van der Waals surface area contributed by atoms with Crippen molar-refractivity contribution in [3.05, 3.63) is 89.7 Å². The molecule has 0 unspecified atom stereocenters. The van der Waals surface area contributed by atoms with Gasteiger partial charge in [-0.05, 0) is 49.2 Å². The normalized spacial score (nSPS) is 23.1. The number of carbonyl (C=O) groups excluding carboxylic acids is 2. The molecule has 8 heteroatoms. The topological polar surface area (TPSA) is 110 Å². The molecule has 5 rings (SSSR count). The predicted octanol–water partition coefficient (Wildman–Crippen LogP) is 3.60. The van der Waals surface area contributed by atoms with Gasteiger partial charge in [-0.25, -0.2) is 0 Å². The number of aliphatic hydroxyl groups excluding tert-OH is 1. The minimum atomic E-state index is -0.547. The standard InChI is InChI=1S/C28H29N3O5/c1-17(18-6-3-2-4-7-18)30-26(33)14-21-13-23-22-12-20(31-28(34)19-8-5-11-29-15-19)9-10-24(22)36-27(23)25(16-32)35-21/h2-12,15,17,21,23,25,27,32H,13-14,16H2,1H3,(H,30,33)(H,31,34)/t17-,21-,23-,25+,27+/m0/s1. The van der Waals surface area contributed by atoms with Crippen LogP contribution in [0.3, 0.4) is 0 Å². The monoisotopic (exact) mass is 487 g/mol. The lowest BCUT2D eigenvalue weighted by Gasteiger charge is -2.37. The van der Waals surface area contributed by atoms with Crippen LogP contribution in [0.2, 0.25) is 0 Å². The van der Waals surface area contributed by atoms with Gasteiger partial charge in [-0.1, -0.05) is 30.3 Å². The van der Waals surface area contributed by atoms with E-state index in [0.29, 0.717) is 23.4 Å². The molecule has 0 bridgehead atoms. The first kappa shape index (κ1) is 24.0. The van der Waals surface area contributed by atoms with Crippen LogP contribution in [0.5, 0.6) is 5.75 Å². The van der Waals surface area contributed by atoms with Gasteiger partial charge in [-0.2, -0.15) is 0 Å². The van der Waals surface area contributed by atoms with E-state index in [2.05, 4.69) is 15.6 Å². The Morgan fingerprint density at radius 2 is 1.97 bits per heavy atom. The van der Waals surface area contributed by atoms with Crippen LogP contribution in [0.15, 0.2) is 73.1 Å². The first-order valence-electron chi connectivity index (χ1n) is 12.1. The second-order valence-corrected chi connectivity index (χ2v) is 9.26. The Morgan fingerprint density at radius 3 is 2.72 bits per heavy atom. The van der Waals surface area contributed by atoms with Crippen molar-refractivity contribution in [2.75, 3.05) is 11.9 Å². The molecule has 2 aliphatic rings. The summed E-state index contributed by atoms with van der Waals surface area (Å²) in [5.74, 6) is 0.281. The lowest BCUT2D eigenvalue weighted by Crippen LogP contribution is -2.47. The molecule has 3 heterocycles. The van der Waals surface area contributed by atoms with Crippen molar-refractivity contribution >= 4 is 17.5 Å². The molecule has 2 amide bonds. The molecule has 0 radical (unpaired) electrons. The van der Waals surface area contributed by atoms with Crippen molar-refractivity contribution < 1.29 is 24.2 Å². The van der Waals surface area contributed by atoms with Crippen molar-refractivity contribution in [3.8, 4) is 5.75 Å². The molecule has 186 valence electrons.